The molecule has 0 bridgehead atoms. The van der Waals surface area contributed by atoms with Crippen LogP contribution in [0.5, 0.6) is 5.75 Å². The van der Waals surface area contributed by atoms with Crippen LogP contribution in [0.2, 0.25) is 0 Å². The van der Waals surface area contributed by atoms with E-state index in [1.807, 2.05) is 12.1 Å². The van der Waals surface area contributed by atoms with Crippen molar-refractivity contribution in [3.63, 3.8) is 0 Å². The molecular weight excluding hydrogens is 238 g/mol. The van der Waals surface area contributed by atoms with Gasteiger partial charge in [0.15, 0.2) is 0 Å². The number of ether oxygens (including phenoxy) is 1. The lowest BCUT2D eigenvalue weighted by Gasteiger charge is -2.41. The Bertz CT molecular complexity index is 384. The summed E-state index contributed by atoms with van der Waals surface area (Å²) in [6.45, 7) is 5.60. The number of hydrogen-bond donors (Lipinski definition) is 1. The zero-order valence-electron chi connectivity index (χ0n) is 12.1. The molecule has 1 heterocycles. The Morgan fingerprint density at radius 1 is 1.32 bits per heavy atom. The Morgan fingerprint density at radius 2 is 2.05 bits per heavy atom. The van der Waals surface area contributed by atoms with Crippen LogP contribution in [0.25, 0.3) is 0 Å². The fraction of sp³-hybridized carbons (Fsp3) is 0.625. The lowest BCUT2D eigenvalue weighted by atomic mass is 9.78. The average molecular weight is 263 g/mol. The molecule has 106 valence electrons. The number of piperidine rings is 1. The van der Waals surface area contributed by atoms with Gasteiger partial charge in [0.2, 0.25) is 0 Å². The van der Waals surface area contributed by atoms with Crippen molar-refractivity contribution in [2.75, 3.05) is 26.8 Å². The highest BCUT2D eigenvalue weighted by Crippen LogP contribution is 2.33. The molecule has 1 fully saturated rings. The lowest BCUT2D eigenvalue weighted by Crippen LogP contribution is -2.44. The number of aliphatic hydroxyl groups is 1. The molecule has 1 saturated heterocycles. The summed E-state index contributed by atoms with van der Waals surface area (Å²) in [7, 11) is 1.69. The average Bonchev–Trinajstić information content (AvgIpc) is 2.48. The summed E-state index contributed by atoms with van der Waals surface area (Å²) in [4.78, 5) is 2.46. The van der Waals surface area contributed by atoms with Gasteiger partial charge >= 0.3 is 0 Å². The maximum absolute atomic E-state index is 9.65. The topological polar surface area (TPSA) is 32.7 Å². The molecule has 0 saturated carbocycles. The lowest BCUT2D eigenvalue weighted by molar-refractivity contribution is 0.0258. The zero-order valence-corrected chi connectivity index (χ0v) is 12.1. The van der Waals surface area contributed by atoms with Gasteiger partial charge in [-0.05, 0) is 43.5 Å². The van der Waals surface area contributed by atoms with E-state index < -0.39 is 0 Å². The second-order valence-corrected chi connectivity index (χ2v) is 5.67. The Morgan fingerprint density at radius 3 is 2.63 bits per heavy atom. The number of hydrogen-bond acceptors (Lipinski definition) is 3. The molecule has 1 aliphatic rings. The van der Waals surface area contributed by atoms with Crippen LogP contribution in [0.15, 0.2) is 24.3 Å². The van der Waals surface area contributed by atoms with E-state index in [0.29, 0.717) is 6.61 Å². The summed E-state index contributed by atoms with van der Waals surface area (Å²) < 4.78 is 5.18. The highest BCUT2D eigenvalue weighted by molar-refractivity contribution is 5.27. The Labute approximate surface area is 116 Å². The van der Waals surface area contributed by atoms with Gasteiger partial charge in [-0.25, -0.2) is 0 Å². The molecule has 0 radical (unpaired) electrons. The van der Waals surface area contributed by atoms with Crippen LogP contribution in [0, 0.1) is 5.41 Å². The van der Waals surface area contributed by atoms with Crippen molar-refractivity contribution in [3.05, 3.63) is 29.8 Å². The molecule has 3 heteroatoms. The largest absolute Gasteiger partial charge is 0.497 e. The molecular formula is C16H25NO2. The van der Waals surface area contributed by atoms with Crippen LogP contribution < -0.4 is 4.74 Å². The predicted molar refractivity (Wildman–Crippen MR) is 77.3 cm³/mol. The fourth-order valence-corrected chi connectivity index (χ4v) is 2.96. The van der Waals surface area contributed by atoms with Gasteiger partial charge in [0.1, 0.15) is 5.75 Å². The molecule has 0 amide bonds. The third-order valence-corrected chi connectivity index (χ3v) is 4.39. The molecule has 0 unspecified atom stereocenters. The van der Waals surface area contributed by atoms with E-state index in [-0.39, 0.29) is 5.41 Å². The summed E-state index contributed by atoms with van der Waals surface area (Å²) in [6, 6.07) is 8.27. The Kier molecular flexibility index (Phi) is 4.83. The van der Waals surface area contributed by atoms with E-state index in [4.69, 9.17) is 4.74 Å². The molecule has 1 aromatic carbocycles. The first-order valence-corrected chi connectivity index (χ1v) is 7.17. The molecule has 1 atom stereocenters. The summed E-state index contributed by atoms with van der Waals surface area (Å²) in [5.41, 5.74) is 1.43. The second-order valence-electron chi connectivity index (χ2n) is 5.67. The zero-order chi connectivity index (χ0) is 13.7. The molecule has 19 heavy (non-hydrogen) atoms. The van der Waals surface area contributed by atoms with Gasteiger partial charge in [-0.1, -0.05) is 19.1 Å². The van der Waals surface area contributed by atoms with E-state index in [0.717, 1.165) is 38.2 Å². The van der Waals surface area contributed by atoms with Crippen molar-refractivity contribution in [1.29, 1.82) is 0 Å². The van der Waals surface area contributed by atoms with E-state index in [1.54, 1.807) is 7.11 Å². The van der Waals surface area contributed by atoms with E-state index >= 15 is 0 Å². The Balaban J connectivity index is 1.98. The molecule has 2 rings (SSSR count). The first-order valence-electron chi connectivity index (χ1n) is 7.17. The molecule has 0 spiro atoms. The monoisotopic (exact) mass is 263 g/mol. The summed E-state index contributed by atoms with van der Waals surface area (Å²) in [5.74, 6) is 0.903. The molecule has 0 aliphatic carbocycles. The van der Waals surface area contributed by atoms with E-state index in [9.17, 15) is 5.11 Å². The minimum Gasteiger partial charge on any atom is -0.497 e. The fourth-order valence-electron chi connectivity index (χ4n) is 2.96. The van der Waals surface area contributed by atoms with Crippen LogP contribution in [-0.2, 0) is 6.54 Å². The SMILES string of the molecule is CC[C@]1(CO)CCCN(Cc2ccc(OC)cc2)C1. The molecule has 1 N–H and O–H groups in total. The molecule has 0 aromatic heterocycles. The van der Waals surface area contributed by atoms with Crippen molar-refractivity contribution in [2.45, 2.75) is 32.7 Å². The highest BCUT2D eigenvalue weighted by atomic mass is 16.5. The van der Waals surface area contributed by atoms with Crippen LogP contribution in [0.1, 0.15) is 31.7 Å². The maximum atomic E-state index is 9.65. The smallest absolute Gasteiger partial charge is 0.118 e. The first kappa shape index (κ1) is 14.4. The van der Waals surface area contributed by atoms with Crippen molar-refractivity contribution < 1.29 is 9.84 Å². The summed E-state index contributed by atoms with van der Waals surface area (Å²) in [6.07, 6.45) is 3.40. The number of rotatable bonds is 5. The quantitative estimate of drug-likeness (QED) is 0.886. The molecule has 1 aliphatic heterocycles. The number of benzene rings is 1. The van der Waals surface area contributed by atoms with Crippen LogP contribution >= 0.6 is 0 Å². The highest BCUT2D eigenvalue weighted by Gasteiger charge is 2.33. The van der Waals surface area contributed by atoms with Gasteiger partial charge < -0.3 is 9.84 Å². The van der Waals surface area contributed by atoms with Gasteiger partial charge in [-0.3, -0.25) is 4.90 Å². The Hall–Kier alpha value is -1.06. The number of likely N-dealkylation sites (tertiary alicyclic amines) is 1. The number of nitrogens with zero attached hydrogens (tertiary/aromatic N) is 1. The van der Waals surface area contributed by atoms with Crippen LogP contribution in [0.3, 0.4) is 0 Å². The van der Waals surface area contributed by atoms with Crippen LogP contribution in [0.4, 0.5) is 0 Å². The van der Waals surface area contributed by atoms with Gasteiger partial charge in [0.25, 0.3) is 0 Å². The van der Waals surface area contributed by atoms with Crippen LogP contribution in [-0.4, -0.2) is 36.8 Å². The van der Waals surface area contributed by atoms with E-state index in [1.165, 1.54) is 12.0 Å². The van der Waals surface area contributed by atoms with Crippen molar-refractivity contribution in [1.82, 2.24) is 4.90 Å². The molecule has 1 aromatic rings. The normalized spacial score (nSPS) is 24.4. The van der Waals surface area contributed by atoms with Gasteiger partial charge in [-0.15, -0.1) is 0 Å². The summed E-state index contributed by atoms with van der Waals surface area (Å²) >= 11 is 0. The minimum absolute atomic E-state index is 0.116. The maximum Gasteiger partial charge on any atom is 0.118 e. The van der Waals surface area contributed by atoms with Crippen molar-refractivity contribution in [3.8, 4) is 5.75 Å². The third-order valence-electron chi connectivity index (χ3n) is 4.39. The van der Waals surface area contributed by atoms with Gasteiger partial charge in [0, 0.05) is 25.1 Å². The van der Waals surface area contributed by atoms with Crippen molar-refractivity contribution in [2.24, 2.45) is 5.41 Å². The third kappa shape index (κ3) is 3.48. The number of methoxy groups -OCH3 is 1. The molecule has 3 nitrogen and oxygen atoms in total. The van der Waals surface area contributed by atoms with Gasteiger partial charge in [0.05, 0.1) is 7.11 Å². The first-order chi connectivity index (χ1) is 9.21. The summed E-state index contributed by atoms with van der Waals surface area (Å²) in [5, 5.41) is 9.65. The predicted octanol–water partition coefficient (Wildman–Crippen LogP) is 2.68. The minimum atomic E-state index is 0.116. The second kappa shape index (κ2) is 6.40. The van der Waals surface area contributed by atoms with Crippen molar-refractivity contribution >= 4 is 0 Å². The van der Waals surface area contributed by atoms with Gasteiger partial charge in [-0.2, -0.15) is 0 Å². The number of aliphatic hydroxyl groups excluding tert-OH is 1. The standard InChI is InChI=1S/C16H25NO2/c1-3-16(13-18)9-4-10-17(12-16)11-14-5-7-15(19-2)8-6-14/h5-8,18H,3-4,9-13H2,1-2H3/t16-/m0/s1. The van der Waals surface area contributed by atoms with E-state index in [2.05, 4.69) is 24.0 Å².